The van der Waals surface area contributed by atoms with Crippen molar-refractivity contribution in [1.29, 1.82) is 0 Å². The molecule has 1 rings (SSSR count). The average molecular weight is 193 g/mol. The van der Waals surface area contributed by atoms with E-state index in [9.17, 15) is 8.42 Å². The van der Waals surface area contributed by atoms with Crippen LogP contribution in [-0.2, 0) is 14.9 Å². The van der Waals surface area contributed by atoms with E-state index in [1.54, 1.807) is 0 Å². The fraction of sp³-hybridized carbons (Fsp3) is 0.857. The summed E-state index contributed by atoms with van der Waals surface area (Å²) in [6.45, 7) is 0. The van der Waals surface area contributed by atoms with Crippen molar-refractivity contribution < 1.29 is 17.7 Å². The molecule has 12 heavy (non-hydrogen) atoms. The summed E-state index contributed by atoms with van der Waals surface area (Å²) in [5.74, 6) is -0.595. The molecule has 4 nitrogen and oxygen atoms in total. The minimum Gasteiger partial charge on any atom is -0.354 e. The van der Waals surface area contributed by atoms with Gasteiger partial charge in [-0.3, -0.25) is 4.55 Å². The van der Waals surface area contributed by atoms with Crippen LogP contribution in [-0.4, -0.2) is 18.9 Å². The lowest BCUT2D eigenvalue weighted by Crippen LogP contribution is -2.14. The van der Waals surface area contributed by atoms with Crippen LogP contribution >= 0.6 is 0 Å². The van der Waals surface area contributed by atoms with Crippen LogP contribution in [0.2, 0.25) is 0 Å². The zero-order valence-corrected chi connectivity index (χ0v) is 7.64. The molecule has 0 amide bonds. The van der Waals surface area contributed by atoms with Gasteiger partial charge in [-0.1, -0.05) is 19.3 Å². The topological polar surface area (TPSA) is 63.6 Å². The predicted octanol–water partition coefficient (Wildman–Crippen LogP) is 1.34. The SMILES string of the molecule is O=S(=O)(O)CO[C]1CCCCC1. The zero-order valence-electron chi connectivity index (χ0n) is 6.82. The Balaban J connectivity index is 2.22. The zero-order chi connectivity index (χ0) is 9.03. The van der Waals surface area contributed by atoms with Gasteiger partial charge in [-0.2, -0.15) is 8.42 Å². The van der Waals surface area contributed by atoms with Crippen LogP contribution in [0.5, 0.6) is 0 Å². The van der Waals surface area contributed by atoms with Gasteiger partial charge in [-0.05, 0) is 12.8 Å². The van der Waals surface area contributed by atoms with Crippen LogP contribution in [0.25, 0.3) is 0 Å². The average Bonchev–Trinajstić information content (AvgIpc) is 2.02. The Kier molecular flexibility index (Phi) is 3.49. The third-order valence-corrected chi connectivity index (χ3v) is 2.24. The molecule has 0 spiro atoms. The Morgan fingerprint density at radius 3 is 2.33 bits per heavy atom. The fourth-order valence-corrected chi connectivity index (χ4v) is 1.56. The Hall–Kier alpha value is -0.130. The Morgan fingerprint density at radius 2 is 1.83 bits per heavy atom. The van der Waals surface area contributed by atoms with Gasteiger partial charge in [-0.25, -0.2) is 0 Å². The van der Waals surface area contributed by atoms with Crippen molar-refractivity contribution in [2.75, 3.05) is 5.94 Å². The molecule has 0 unspecified atom stereocenters. The molecule has 0 aliphatic heterocycles. The third kappa shape index (κ3) is 4.04. The monoisotopic (exact) mass is 193 g/mol. The molecule has 1 N–H and O–H groups in total. The summed E-state index contributed by atoms with van der Waals surface area (Å²) >= 11 is 0. The molecule has 0 atom stereocenters. The summed E-state index contributed by atoms with van der Waals surface area (Å²) in [5.41, 5.74) is 0. The first-order chi connectivity index (χ1) is 5.58. The first-order valence-electron chi connectivity index (χ1n) is 4.00. The van der Waals surface area contributed by atoms with Crippen molar-refractivity contribution >= 4 is 10.1 Å². The van der Waals surface area contributed by atoms with Crippen molar-refractivity contribution in [1.82, 2.24) is 0 Å². The van der Waals surface area contributed by atoms with E-state index < -0.39 is 16.1 Å². The highest BCUT2D eigenvalue weighted by molar-refractivity contribution is 7.85. The van der Waals surface area contributed by atoms with Crippen molar-refractivity contribution in [3.63, 3.8) is 0 Å². The van der Waals surface area contributed by atoms with Crippen LogP contribution < -0.4 is 0 Å². The largest absolute Gasteiger partial charge is 0.354 e. The molecule has 1 aliphatic rings. The second-order valence-corrected chi connectivity index (χ2v) is 4.34. The first-order valence-corrected chi connectivity index (χ1v) is 5.61. The van der Waals surface area contributed by atoms with Gasteiger partial charge in [0.05, 0.1) is 6.10 Å². The first kappa shape index (κ1) is 9.95. The molecule has 71 valence electrons. The van der Waals surface area contributed by atoms with E-state index in [0.717, 1.165) is 31.8 Å². The number of rotatable bonds is 3. The molecule has 0 aromatic carbocycles. The normalized spacial score (nSPS) is 21.1. The highest BCUT2D eigenvalue weighted by Crippen LogP contribution is 2.26. The van der Waals surface area contributed by atoms with Gasteiger partial charge in [0.25, 0.3) is 10.1 Å². The maximum Gasteiger partial charge on any atom is 0.289 e. The molecule has 1 radical (unpaired) electrons. The van der Waals surface area contributed by atoms with E-state index in [4.69, 9.17) is 9.29 Å². The molecule has 5 heteroatoms. The van der Waals surface area contributed by atoms with Crippen molar-refractivity contribution in [3.05, 3.63) is 6.10 Å². The van der Waals surface area contributed by atoms with Crippen molar-refractivity contribution in [2.24, 2.45) is 0 Å². The predicted molar refractivity (Wildman–Crippen MR) is 43.8 cm³/mol. The van der Waals surface area contributed by atoms with E-state index in [0.29, 0.717) is 0 Å². The highest BCUT2D eigenvalue weighted by Gasteiger charge is 2.17. The molecular formula is C7H13O4S. The van der Waals surface area contributed by atoms with E-state index in [2.05, 4.69) is 0 Å². The third-order valence-electron chi connectivity index (χ3n) is 1.82. The molecular weight excluding hydrogens is 180 g/mol. The van der Waals surface area contributed by atoms with Crippen LogP contribution in [0.4, 0.5) is 0 Å². The lowest BCUT2D eigenvalue weighted by Gasteiger charge is -2.19. The van der Waals surface area contributed by atoms with Gasteiger partial charge in [0.1, 0.15) is 0 Å². The van der Waals surface area contributed by atoms with E-state index in [1.165, 1.54) is 6.42 Å². The van der Waals surface area contributed by atoms with E-state index >= 15 is 0 Å². The number of ether oxygens (including phenoxy) is 1. The molecule has 0 bridgehead atoms. The summed E-state index contributed by atoms with van der Waals surface area (Å²) in [5, 5.41) is 0. The summed E-state index contributed by atoms with van der Waals surface area (Å²) < 4.78 is 33.9. The van der Waals surface area contributed by atoms with E-state index in [1.807, 2.05) is 0 Å². The Bertz CT molecular complexity index is 216. The standard InChI is InChI=1S/C7H13O4S/c8-12(9,10)6-11-7-4-2-1-3-5-7/h1-6H2,(H,8,9,10). The number of hydrogen-bond donors (Lipinski definition) is 1. The summed E-state index contributed by atoms with van der Waals surface area (Å²) in [4.78, 5) is 0. The van der Waals surface area contributed by atoms with Gasteiger partial charge >= 0.3 is 0 Å². The fourth-order valence-electron chi connectivity index (χ4n) is 1.25. The van der Waals surface area contributed by atoms with Gasteiger partial charge in [0.15, 0.2) is 5.94 Å². The minimum absolute atomic E-state index is 0.595. The summed E-state index contributed by atoms with van der Waals surface area (Å²) in [6.07, 6.45) is 5.75. The maximum atomic E-state index is 10.3. The van der Waals surface area contributed by atoms with Gasteiger partial charge < -0.3 is 4.74 Å². The lowest BCUT2D eigenvalue weighted by atomic mass is 9.98. The van der Waals surface area contributed by atoms with Crippen molar-refractivity contribution in [2.45, 2.75) is 32.1 Å². The van der Waals surface area contributed by atoms with Crippen LogP contribution in [0.15, 0.2) is 0 Å². The molecule has 0 heterocycles. The molecule has 1 aliphatic carbocycles. The molecule has 0 aromatic rings. The van der Waals surface area contributed by atoms with Crippen molar-refractivity contribution in [3.8, 4) is 0 Å². The second-order valence-electron chi connectivity index (χ2n) is 2.94. The van der Waals surface area contributed by atoms with Gasteiger partial charge in [0, 0.05) is 0 Å². The number of hydrogen-bond acceptors (Lipinski definition) is 3. The quantitative estimate of drug-likeness (QED) is 0.687. The summed E-state index contributed by atoms with van der Waals surface area (Å²) in [6, 6.07) is 0. The maximum absolute atomic E-state index is 10.3. The van der Waals surface area contributed by atoms with Crippen LogP contribution in [0.3, 0.4) is 0 Å². The van der Waals surface area contributed by atoms with Crippen LogP contribution in [0, 0.1) is 6.10 Å². The Morgan fingerprint density at radius 1 is 1.25 bits per heavy atom. The second kappa shape index (κ2) is 4.20. The highest BCUT2D eigenvalue weighted by atomic mass is 32.2. The molecule has 0 aromatic heterocycles. The smallest absolute Gasteiger partial charge is 0.289 e. The van der Waals surface area contributed by atoms with E-state index in [-0.39, 0.29) is 0 Å². The minimum atomic E-state index is -3.97. The Labute approximate surface area is 72.7 Å². The molecule has 1 fully saturated rings. The summed E-state index contributed by atoms with van der Waals surface area (Å²) in [7, 11) is -3.97. The van der Waals surface area contributed by atoms with Gasteiger partial charge in [-0.15, -0.1) is 0 Å². The van der Waals surface area contributed by atoms with Gasteiger partial charge in [0.2, 0.25) is 0 Å². The van der Waals surface area contributed by atoms with Crippen LogP contribution in [0.1, 0.15) is 32.1 Å². The molecule has 1 saturated carbocycles. The molecule has 0 saturated heterocycles. The lowest BCUT2D eigenvalue weighted by molar-refractivity contribution is 0.144.